The Balaban J connectivity index is 1.29. The highest BCUT2D eigenvalue weighted by Gasteiger charge is 2.51. The molecule has 1 aromatic carbocycles. The lowest BCUT2D eigenvalue weighted by atomic mass is 9.76. The number of anilines is 1. The minimum atomic E-state index is -3.91. The molecule has 2 saturated heterocycles. The van der Waals surface area contributed by atoms with Gasteiger partial charge in [-0.25, -0.2) is 13.2 Å². The lowest BCUT2D eigenvalue weighted by Crippen LogP contribution is -2.63. The van der Waals surface area contributed by atoms with Crippen molar-refractivity contribution in [3.8, 4) is 0 Å². The number of thiophene rings is 1. The summed E-state index contributed by atoms with van der Waals surface area (Å²) >= 11 is 13.2. The molecular formula is C27H26Cl2N4O6S2. The molecule has 2 bridgehead atoms. The van der Waals surface area contributed by atoms with Crippen molar-refractivity contribution in [2.75, 3.05) is 5.32 Å². The fraction of sp³-hybridized carbons (Fsp3) is 0.333. The zero-order valence-electron chi connectivity index (χ0n) is 21.5. The Kier molecular flexibility index (Phi) is 8.67. The van der Waals surface area contributed by atoms with E-state index in [1.165, 1.54) is 22.8 Å². The number of fused-ring (bicyclic) bond motifs is 3. The number of hydrogen-bond donors (Lipinski definition) is 3. The Morgan fingerprint density at radius 1 is 1.05 bits per heavy atom. The summed E-state index contributed by atoms with van der Waals surface area (Å²) in [6.07, 6.45) is 5.33. The quantitative estimate of drug-likeness (QED) is 0.314. The predicted octanol–water partition coefficient (Wildman–Crippen LogP) is 4.45. The molecule has 2 atom stereocenters. The molecule has 2 aromatic heterocycles. The van der Waals surface area contributed by atoms with Gasteiger partial charge in [0.1, 0.15) is 16.3 Å². The largest absolute Gasteiger partial charge is 0.480 e. The van der Waals surface area contributed by atoms with E-state index in [1.54, 1.807) is 35.7 Å². The van der Waals surface area contributed by atoms with Crippen LogP contribution in [0.1, 0.15) is 41.6 Å². The molecule has 2 amide bonds. The van der Waals surface area contributed by atoms with E-state index in [-0.39, 0.29) is 38.2 Å². The standard InChI is InChI=1S/C27H26Cl2N4O6S2/c28-19-13-30-14-20(29)23(19)25(34)31-17-7-3-15(4-8-17)12-21(27(36)37)32-26(35)24-16-5-9-18(10-6-16)33(24)41(38,39)22-2-1-11-40-22/h1-4,7-8,11,13-14,16,18,21,24H,5-6,9-10,12H2,(H,31,34)(H,32,35)(H,36,37)/t16?,18?,21-,24?/m0/s1. The van der Waals surface area contributed by atoms with Crippen LogP contribution in [0, 0.1) is 5.92 Å². The highest BCUT2D eigenvalue weighted by molar-refractivity contribution is 7.91. The number of halogens is 2. The van der Waals surface area contributed by atoms with Crippen molar-refractivity contribution in [3.63, 3.8) is 0 Å². The number of benzene rings is 1. The molecule has 3 N–H and O–H groups in total. The van der Waals surface area contributed by atoms with E-state index in [4.69, 9.17) is 23.2 Å². The first-order chi connectivity index (χ1) is 19.6. The van der Waals surface area contributed by atoms with Gasteiger partial charge in [-0.15, -0.1) is 11.3 Å². The number of piperidine rings is 2. The van der Waals surface area contributed by atoms with Crippen LogP contribution in [-0.4, -0.2) is 58.7 Å². The van der Waals surface area contributed by atoms with Crippen LogP contribution in [0.3, 0.4) is 0 Å². The third kappa shape index (κ3) is 6.12. The van der Waals surface area contributed by atoms with E-state index in [9.17, 15) is 27.9 Å². The maximum atomic E-state index is 13.5. The number of amides is 2. The van der Waals surface area contributed by atoms with Crippen LogP contribution in [-0.2, 0) is 26.0 Å². The third-order valence-corrected chi connectivity index (χ3v) is 11.3. The molecule has 3 aromatic rings. The minimum absolute atomic E-state index is 0.0458. The summed E-state index contributed by atoms with van der Waals surface area (Å²) in [7, 11) is -3.91. The van der Waals surface area contributed by atoms with E-state index in [1.807, 2.05) is 0 Å². The second-order valence-electron chi connectivity index (χ2n) is 10.0. The Morgan fingerprint density at radius 3 is 2.29 bits per heavy atom. The number of rotatable bonds is 9. The third-order valence-electron chi connectivity index (χ3n) is 7.46. The number of nitrogens with one attached hydrogen (secondary N) is 2. The van der Waals surface area contributed by atoms with E-state index in [0.29, 0.717) is 36.9 Å². The zero-order valence-corrected chi connectivity index (χ0v) is 24.6. The number of aromatic nitrogens is 1. The van der Waals surface area contributed by atoms with Crippen molar-refractivity contribution >= 4 is 68.0 Å². The maximum Gasteiger partial charge on any atom is 0.326 e. The molecule has 4 heterocycles. The molecule has 3 fully saturated rings. The van der Waals surface area contributed by atoms with Crippen molar-refractivity contribution in [3.05, 3.63) is 75.3 Å². The first kappa shape index (κ1) is 29.5. The fourth-order valence-electron chi connectivity index (χ4n) is 5.54. The summed E-state index contributed by atoms with van der Waals surface area (Å²) in [4.78, 5) is 42.1. The van der Waals surface area contributed by atoms with Gasteiger partial charge in [0.2, 0.25) is 5.91 Å². The topological polar surface area (TPSA) is 146 Å². The van der Waals surface area contributed by atoms with E-state index >= 15 is 0 Å². The van der Waals surface area contributed by atoms with Crippen molar-refractivity contribution in [2.45, 2.75) is 54.4 Å². The van der Waals surface area contributed by atoms with Gasteiger partial charge in [-0.05, 0) is 60.7 Å². The molecule has 14 heteroatoms. The van der Waals surface area contributed by atoms with Crippen LogP contribution in [0.2, 0.25) is 10.0 Å². The normalized spacial score (nSPS) is 21.3. The number of carboxylic acid groups (broad SMARTS) is 1. The molecule has 1 aliphatic carbocycles. The molecule has 41 heavy (non-hydrogen) atoms. The fourth-order valence-corrected chi connectivity index (χ4v) is 9.06. The first-order valence-electron chi connectivity index (χ1n) is 12.9. The van der Waals surface area contributed by atoms with Crippen LogP contribution in [0.5, 0.6) is 0 Å². The van der Waals surface area contributed by atoms with Gasteiger partial charge in [-0.2, -0.15) is 4.31 Å². The number of aliphatic carboxylic acids is 1. The summed E-state index contributed by atoms with van der Waals surface area (Å²) in [5.74, 6) is -2.57. The Labute approximate surface area is 250 Å². The summed E-state index contributed by atoms with van der Waals surface area (Å²) in [6.45, 7) is 0. The van der Waals surface area contributed by atoms with E-state index in [2.05, 4.69) is 15.6 Å². The monoisotopic (exact) mass is 636 g/mol. The Hall–Kier alpha value is -3.03. The lowest BCUT2D eigenvalue weighted by Gasteiger charge is -2.49. The van der Waals surface area contributed by atoms with Crippen LogP contribution in [0.4, 0.5) is 5.69 Å². The number of sulfonamides is 1. The Morgan fingerprint density at radius 2 is 1.71 bits per heavy atom. The molecule has 216 valence electrons. The number of carbonyl (C=O) groups excluding carboxylic acids is 2. The number of nitrogens with zero attached hydrogens (tertiary/aromatic N) is 2. The molecule has 1 saturated carbocycles. The molecule has 0 spiro atoms. The second kappa shape index (κ2) is 12.1. The average molecular weight is 638 g/mol. The van der Waals surface area contributed by atoms with Crippen LogP contribution in [0.15, 0.2) is 58.4 Å². The minimum Gasteiger partial charge on any atom is -0.480 e. The predicted molar refractivity (Wildman–Crippen MR) is 155 cm³/mol. The first-order valence-corrected chi connectivity index (χ1v) is 15.9. The molecule has 0 radical (unpaired) electrons. The van der Waals surface area contributed by atoms with Gasteiger partial charge < -0.3 is 15.7 Å². The van der Waals surface area contributed by atoms with E-state index in [0.717, 1.165) is 11.3 Å². The summed E-state index contributed by atoms with van der Waals surface area (Å²) in [6, 6.07) is 7.04. The van der Waals surface area contributed by atoms with Crippen molar-refractivity contribution < 1.29 is 27.9 Å². The summed E-state index contributed by atoms with van der Waals surface area (Å²) in [5, 5.41) is 17.1. The Bertz CT molecular complexity index is 1540. The highest BCUT2D eigenvalue weighted by atomic mass is 35.5. The molecule has 3 aliphatic rings. The number of carboxylic acids is 1. The van der Waals surface area contributed by atoms with Crippen molar-refractivity contribution in [2.24, 2.45) is 5.92 Å². The zero-order chi connectivity index (χ0) is 29.3. The van der Waals surface area contributed by atoms with Crippen LogP contribution >= 0.6 is 34.5 Å². The highest BCUT2D eigenvalue weighted by Crippen LogP contribution is 2.43. The van der Waals surface area contributed by atoms with Gasteiger partial charge in [-0.3, -0.25) is 14.6 Å². The van der Waals surface area contributed by atoms with Crippen LogP contribution < -0.4 is 10.6 Å². The number of hydrogen-bond acceptors (Lipinski definition) is 7. The summed E-state index contributed by atoms with van der Waals surface area (Å²) in [5.41, 5.74) is 1.09. The van der Waals surface area contributed by atoms with Gasteiger partial charge in [0.05, 0.1) is 15.6 Å². The van der Waals surface area contributed by atoms with Crippen molar-refractivity contribution in [1.82, 2.24) is 14.6 Å². The SMILES string of the molecule is O=C(Nc1ccc(C[C@H](NC(=O)C2C3CCC(CC3)N2S(=O)(=O)c2cccs2)C(=O)O)cc1)c1c(Cl)cncc1Cl. The average Bonchev–Trinajstić information content (AvgIpc) is 3.50. The smallest absolute Gasteiger partial charge is 0.326 e. The van der Waals surface area contributed by atoms with Gasteiger partial charge in [-0.1, -0.05) is 41.4 Å². The molecular weight excluding hydrogens is 611 g/mol. The maximum absolute atomic E-state index is 13.5. The van der Waals surface area contributed by atoms with Crippen molar-refractivity contribution in [1.29, 1.82) is 0 Å². The van der Waals surface area contributed by atoms with Gasteiger partial charge in [0.15, 0.2) is 0 Å². The number of pyridine rings is 1. The summed E-state index contributed by atoms with van der Waals surface area (Å²) < 4.78 is 28.5. The van der Waals surface area contributed by atoms with Crippen LogP contribution in [0.25, 0.3) is 0 Å². The lowest BCUT2D eigenvalue weighted by molar-refractivity contribution is -0.143. The van der Waals surface area contributed by atoms with E-state index < -0.39 is 39.9 Å². The second-order valence-corrected chi connectivity index (χ2v) is 13.8. The van der Waals surface area contributed by atoms with Gasteiger partial charge >= 0.3 is 5.97 Å². The molecule has 2 aliphatic heterocycles. The molecule has 6 rings (SSSR count). The molecule has 10 nitrogen and oxygen atoms in total. The van der Waals surface area contributed by atoms with Gasteiger partial charge in [0.25, 0.3) is 15.9 Å². The molecule has 1 unspecified atom stereocenters. The van der Waals surface area contributed by atoms with Gasteiger partial charge in [0, 0.05) is 30.5 Å². The number of carbonyl (C=O) groups is 3.